The van der Waals surface area contributed by atoms with Gasteiger partial charge in [-0.05, 0) is 24.3 Å². The molecule has 4 unspecified atom stereocenters. The second-order valence-corrected chi connectivity index (χ2v) is 8.30. The van der Waals surface area contributed by atoms with Crippen LogP contribution in [0.1, 0.15) is 32.3 Å². The predicted molar refractivity (Wildman–Crippen MR) is 116 cm³/mol. The minimum Gasteiger partial charge on any atom is -0.480 e. The summed E-state index contributed by atoms with van der Waals surface area (Å²) >= 11 is 0. The van der Waals surface area contributed by atoms with Crippen molar-refractivity contribution in [3.63, 3.8) is 0 Å². The Morgan fingerprint density at radius 1 is 1.12 bits per heavy atom. The molecule has 1 aromatic carbocycles. The van der Waals surface area contributed by atoms with E-state index in [1.54, 1.807) is 38.1 Å². The van der Waals surface area contributed by atoms with E-state index in [0.29, 0.717) is 19.4 Å². The Labute approximate surface area is 187 Å². The number of amides is 3. The Bertz CT molecular complexity index is 816. The van der Waals surface area contributed by atoms with Gasteiger partial charge >= 0.3 is 5.97 Å². The van der Waals surface area contributed by atoms with E-state index in [-0.39, 0.29) is 12.3 Å². The van der Waals surface area contributed by atoms with Crippen LogP contribution in [-0.2, 0) is 25.6 Å². The molecule has 3 amide bonds. The molecule has 1 fully saturated rings. The van der Waals surface area contributed by atoms with Gasteiger partial charge in [-0.25, -0.2) is 4.79 Å². The second kappa shape index (κ2) is 11.6. The lowest BCUT2D eigenvalue weighted by atomic mass is 10.00. The molecule has 0 saturated carbocycles. The number of likely N-dealkylation sites (tertiary alicyclic amines) is 1. The van der Waals surface area contributed by atoms with Crippen molar-refractivity contribution < 1.29 is 29.4 Å². The molecule has 1 heterocycles. The minimum absolute atomic E-state index is 0.150. The zero-order valence-electron chi connectivity index (χ0n) is 18.4. The molecule has 4 atom stereocenters. The lowest BCUT2D eigenvalue weighted by molar-refractivity contribution is -0.150. The molecular weight excluding hydrogens is 416 g/mol. The third-order valence-corrected chi connectivity index (χ3v) is 5.50. The summed E-state index contributed by atoms with van der Waals surface area (Å²) in [4.78, 5) is 51.3. The van der Waals surface area contributed by atoms with Crippen LogP contribution in [0.25, 0.3) is 0 Å². The number of hydrogen-bond donors (Lipinski definition) is 5. The second-order valence-electron chi connectivity index (χ2n) is 8.30. The van der Waals surface area contributed by atoms with E-state index in [9.17, 15) is 24.3 Å². The zero-order chi connectivity index (χ0) is 23.8. The van der Waals surface area contributed by atoms with Crippen LogP contribution in [0, 0.1) is 5.92 Å². The largest absolute Gasteiger partial charge is 0.480 e. The number of carboxylic acids is 1. The van der Waals surface area contributed by atoms with Crippen molar-refractivity contribution in [2.24, 2.45) is 11.7 Å². The minimum atomic E-state index is -1.19. The van der Waals surface area contributed by atoms with Gasteiger partial charge in [0.1, 0.15) is 24.2 Å². The van der Waals surface area contributed by atoms with Crippen LogP contribution in [0.4, 0.5) is 0 Å². The van der Waals surface area contributed by atoms with Crippen molar-refractivity contribution in [1.82, 2.24) is 15.5 Å². The van der Waals surface area contributed by atoms with Gasteiger partial charge in [-0.15, -0.1) is 0 Å². The van der Waals surface area contributed by atoms with Crippen LogP contribution in [0.2, 0.25) is 0 Å². The Hall–Kier alpha value is -2.98. The van der Waals surface area contributed by atoms with Gasteiger partial charge in [0.2, 0.25) is 17.7 Å². The summed E-state index contributed by atoms with van der Waals surface area (Å²) in [5.41, 5.74) is 6.35. The molecule has 0 aromatic heterocycles. The van der Waals surface area contributed by atoms with E-state index in [0.717, 1.165) is 5.56 Å². The molecule has 10 heteroatoms. The Balaban J connectivity index is 2.20. The summed E-state index contributed by atoms with van der Waals surface area (Å²) in [6.07, 6.45) is 1.09. The standard InChI is InChI=1S/C22H32N4O6/c1-13(2)18(21(30)26-10-6-9-17(26)22(31)32)25-20(29)16(24-19(28)15(23)12-27)11-14-7-4-3-5-8-14/h3-5,7-8,13,15-18,27H,6,9-12,23H2,1-2H3,(H,24,28)(H,25,29)(H,31,32). The van der Waals surface area contributed by atoms with E-state index < -0.39 is 54.5 Å². The van der Waals surface area contributed by atoms with Gasteiger partial charge in [0, 0.05) is 13.0 Å². The smallest absolute Gasteiger partial charge is 0.326 e. The number of nitrogens with two attached hydrogens (primary N) is 1. The van der Waals surface area contributed by atoms with Gasteiger partial charge in [-0.2, -0.15) is 0 Å². The van der Waals surface area contributed by atoms with E-state index in [1.165, 1.54) is 4.90 Å². The summed E-state index contributed by atoms with van der Waals surface area (Å²) in [5.74, 6) is -3.13. The monoisotopic (exact) mass is 448 g/mol. The topological polar surface area (TPSA) is 162 Å². The first kappa shape index (κ1) is 25.3. The van der Waals surface area contributed by atoms with Gasteiger partial charge in [-0.1, -0.05) is 44.2 Å². The first-order valence-electron chi connectivity index (χ1n) is 10.7. The summed E-state index contributed by atoms with van der Waals surface area (Å²) in [7, 11) is 0. The average Bonchev–Trinajstić information content (AvgIpc) is 3.26. The number of benzene rings is 1. The SMILES string of the molecule is CC(C)C(NC(=O)C(Cc1ccccc1)NC(=O)C(N)CO)C(=O)N1CCCC1C(=O)O. The van der Waals surface area contributed by atoms with Crippen LogP contribution < -0.4 is 16.4 Å². The summed E-state index contributed by atoms with van der Waals surface area (Å²) in [6.45, 7) is 3.23. The maximum Gasteiger partial charge on any atom is 0.326 e. The highest BCUT2D eigenvalue weighted by Gasteiger charge is 2.39. The Morgan fingerprint density at radius 3 is 2.34 bits per heavy atom. The molecular formula is C22H32N4O6. The number of aliphatic hydroxyl groups excluding tert-OH is 1. The highest BCUT2D eigenvalue weighted by Crippen LogP contribution is 2.20. The normalized spacial score (nSPS) is 18.7. The number of aliphatic hydroxyl groups is 1. The van der Waals surface area contributed by atoms with E-state index >= 15 is 0 Å². The van der Waals surface area contributed by atoms with Crippen molar-refractivity contribution >= 4 is 23.7 Å². The number of carbonyl (C=O) groups is 4. The number of rotatable bonds is 10. The quantitative estimate of drug-likeness (QED) is 0.314. The van der Waals surface area contributed by atoms with Gasteiger partial charge in [0.25, 0.3) is 0 Å². The Kier molecular flexibility index (Phi) is 9.15. The fourth-order valence-electron chi connectivity index (χ4n) is 3.65. The molecule has 2 rings (SSSR count). The van der Waals surface area contributed by atoms with Crippen molar-refractivity contribution in [2.75, 3.05) is 13.2 Å². The van der Waals surface area contributed by atoms with Gasteiger partial charge in [0.15, 0.2) is 0 Å². The fraction of sp³-hybridized carbons (Fsp3) is 0.545. The third-order valence-electron chi connectivity index (χ3n) is 5.50. The van der Waals surface area contributed by atoms with Crippen LogP contribution in [0.15, 0.2) is 30.3 Å². The molecule has 1 aliphatic rings. The van der Waals surface area contributed by atoms with Gasteiger partial charge < -0.3 is 31.5 Å². The predicted octanol–water partition coefficient (Wildman–Crippen LogP) is -0.750. The summed E-state index contributed by atoms with van der Waals surface area (Å²) in [6, 6.07) is 4.91. The first-order chi connectivity index (χ1) is 15.1. The molecule has 1 aliphatic heterocycles. The Morgan fingerprint density at radius 2 is 1.78 bits per heavy atom. The molecule has 176 valence electrons. The van der Waals surface area contributed by atoms with Crippen LogP contribution in [0.5, 0.6) is 0 Å². The molecule has 32 heavy (non-hydrogen) atoms. The highest BCUT2D eigenvalue weighted by molar-refractivity contribution is 5.94. The van der Waals surface area contributed by atoms with Gasteiger partial charge in [-0.3, -0.25) is 14.4 Å². The van der Waals surface area contributed by atoms with E-state index in [1.807, 2.05) is 6.07 Å². The lowest BCUT2D eigenvalue weighted by Crippen LogP contribution is -2.59. The van der Waals surface area contributed by atoms with Crippen LogP contribution in [0.3, 0.4) is 0 Å². The number of carbonyl (C=O) groups excluding carboxylic acids is 3. The summed E-state index contributed by atoms with van der Waals surface area (Å²) < 4.78 is 0. The van der Waals surface area contributed by atoms with Gasteiger partial charge in [0.05, 0.1) is 6.61 Å². The molecule has 0 bridgehead atoms. The third kappa shape index (κ3) is 6.51. The highest BCUT2D eigenvalue weighted by atomic mass is 16.4. The molecule has 10 nitrogen and oxygen atoms in total. The van der Waals surface area contributed by atoms with Crippen molar-refractivity contribution in [3.05, 3.63) is 35.9 Å². The molecule has 1 aromatic rings. The van der Waals surface area contributed by atoms with Crippen molar-refractivity contribution in [2.45, 2.75) is 57.3 Å². The number of hydrogen-bond acceptors (Lipinski definition) is 6. The maximum absolute atomic E-state index is 13.1. The maximum atomic E-state index is 13.1. The number of carboxylic acid groups (broad SMARTS) is 1. The number of nitrogens with one attached hydrogen (secondary N) is 2. The average molecular weight is 449 g/mol. The number of aliphatic carboxylic acids is 1. The van der Waals surface area contributed by atoms with E-state index in [2.05, 4.69) is 10.6 Å². The molecule has 0 spiro atoms. The van der Waals surface area contributed by atoms with Crippen LogP contribution in [-0.4, -0.2) is 76.1 Å². The van der Waals surface area contributed by atoms with E-state index in [4.69, 9.17) is 10.8 Å². The zero-order valence-corrected chi connectivity index (χ0v) is 18.4. The molecule has 1 saturated heterocycles. The molecule has 6 N–H and O–H groups in total. The fourth-order valence-corrected chi connectivity index (χ4v) is 3.65. The van der Waals surface area contributed by atoms with Crippen molar-refractivity contribution in [1.29, 1.82) is 0 Å². The first-order valence-corrected chi connectivity index (χ1v) is 10.7. The number of nitrogens with zero attached hydrogens (tertiary/aromatic N) is 1. The molecule has 0 radical (unpaired) electrons. The lowest BCUT2D eigenvalue weighted by Gasteiger charge is -2.30. The summed E-state index contributed by atoms with van der Waals surface area (Å²) in [5, 5.41) is 23.8. The van der Waals surface area contributed by atoms with Crippen molar-refractivity contribution in [3.8, 4) is 0 Å². The molecule has 0 aliphatic carbocycles. The van der Waals surface area contributed by atoms with Crippen LogP contribution >= 0.6 is 0 Å².